The summed E-state index contributed by atoms with van der Waals surface area (Å²) in [5.41, 5.74) is 0.920. The fourth-order valence-corrected chi connectivity index (χ4v) is 2.00. The lowest BCUT2D eigenvalue weighted by molar-refractivity contribution is 0.575. The first kappa shape index (κ1) is 12.3. The monoisotopic (exact) mass is 344 g/mol. The van der Waals surface area contributed by atoms with Crippen LogP contribution < -0.4 is 5.56 Å². The molecule has 2 rings (SSSR count). The van der Waals surface area contributed by atoms with Crippen LogP contribution in [0.25, 0.3) is 0 Å². The van der Waals surface area contributed by atoms with E-state index in [2.05, 4.69) is 39.6 Å². The third-order valence-corrected chi connectivity index (χ3v) is 3.00. The van der Waals surface area contributed by atoms with Gasteiger partial charge in [-0.15, -0.1) is 0 Å². The van der Waals surface area contributed by atoms with Crippen LogP contribution in [0.1, 0.15) is 19.0 Å². The molecule has 0 aromatic carbocycles. The van der Waals surface area contributed by atoms with Crippen LogP contribution in [0.2, 0.25) is 0 Å². The van der Waals surface area contributed by atoms with E-state index in [1.54, 1.807) is 24.8 Å². The number of halogens is 1. The zero-order valence-corrected chi connectivity index (χ0v) is 11.7. The minimum atomic E-state index is -0.0823. The normalized spacial score (nSPS) is 10.7. The molecular formula is C11H13IN4O. The summed E-state index contributed by atoms with van der Waals surface area (Å²) in [5.74, 6) is 0. The van der Waals surface area contributed by atoms with Crippen molar-refractivity contribution in [3.8, 4) is 0 Å². The molecule has 0 saturated heterocycles. The molecule has 0 aliphatic rings. The van der Waals surface area contributed by atoms with Gasteiger partial charge in [-0.05, 0) is 29.0 Å². The quantitative estimate of drug-likeness (QED) is 0.790. The molecule has 0 aliphatic carbocycles. The highest BCUT2D eigenvalue weighted by molar-refractivity contribution is 14.1. The highest BCUT2D eigenvalue weighted by atomic mass is 127. The predicted octanol–water partition coefficient (Wildman–Crippen LogP) is 1.50. The number of hydrogen-bond acceptors (Lipinski definition) is 3. The molecule has 0 amide bonds. The van der Waals surface area contributed by atoms with Crippen molar-refractivity contribution in [2.75, 3.05) is 0 Å². The second-order valence-corrected chi connectivity index (χ2v) is 4.99. The molecule has 5 nitrogen and oxygen atoms in total. The molecule has 0 bridgehead atoms. The van der Waals surface area contributed by atoms with Crippen LogP contribution in [0.3, 0.4) is 0 Å². The molecular weight excluding hydrogens is 331 g/mol. The zero-order valence-electron chi connectivity index (χ0n) is 9.51. The Labute approximate surface area is 113 Å². The summed E-state index contributed by atoms with van der Waals surface area (Å²) in [7, 11) is 0. The van der Waals surface area contributed by atoms with E-state index in [4.69, 9.17) is 0 Å². The average molecular weight is 344 g/mol. The lowest BCUT2D eigenvalue weighted by atomic mass is 10.4. The van der Waals surface area contributed by atoms with Gasteiger partial charge in [0, 0.05) is 16.2 Å². The summed E-state index contributed by atoms with van der Waals surface area (Å²) in [6.07, 6.45) is 6.29. The third kappa shape index (κ3) is 2.93. The average Bonchev–Trinajstić information content (AvgIpc) is 2.71. The lowest BCUT2D eigenvalue weighted by Gasteiger charge is -2.07. The molecule has 0 spiro atoms. The Morgan fingerprint density at radius 3 is 2.94 bits per heavy atom. The van der Waals surface area contributed by atoms with Crippen molar-refractivity contribution in [1.82, 2.24) is 19.3 Å². The second-order valence-electron chi connectivity index (χ2n) is 3.75. The molecule has 0 aliphatic heterocycles. The van der Waals surface area contributed by atoms with E-state index in [1.165, 1.54) is 4.68 Å². The first-order valence-electron chi connectivity index (χ1n) is 5.42. The first-order chi connectivity index (χ1) is 8.20. The standard InChI is InChI=1S/C11H13IN4O/c1-2-3-15-8-13-6-10(15)7-16-11(17)4-9(12)5-14-16/h4-6,8H,2-3,7H2,1H3. The molecule has 0 N–H and O–H groups in total. The lowest BCUT2D eigenvalue weighted by Crippen LogP contribution is -2.23. The maximum Gasteiger partial charge on any atom is 0.268 e. The largest absolute Gasteiger partial charge is 0.333 e. The van der Waals surface area contributed by atoms with Gasteiger partial charge in [0.05, 0.1) is 31.0 Å². The van der Waals surface area contributed by atoms with Gasteiger partial charge in [-0.2, -0.15) is 5.10 Å². The highest BCUT2D eigenvalue weighted by Crippen LogP contribution is 2.03. The predicted molar refractivity (Wildman–Crippen MR) is 72.8 cm³/mol. The van der Waals surface area contributed by atoms with Gasteiger partial charge in [0.2, 0.25) is 0 Å². The summed E-state index contributed by atoms with van der Waals surface area (Å²) in [6.45, 7) is 3.49. The fourth-order valence-electron chi connectivity index (χ4n) is 1.61. The topological polar surface area (TPSA) is 52.7 Å². The number of nitrogens with zero attached hydrogens (tertiary/aromatic N) is 4. The number of aromatic nitrogens is 4. The first-order valence-corrected chi connectivity index (χ1v) is 6.50. The summed E-state index contributed by atoms with van der Waals surface area (Å²) in [5, 5.41) is 4.11. The number of hydrogen-bond donors (Lipinski definition) is 0. The Kier molecular flexibility index (Phi) is 3.93. The summed E-state index contributed by atoms with van der Waals surface area (Å²) >= 11 is 2.08. The molecule has 0 radical (unpaired) electrons. The molecule has 0 saturated carbocycles. The number of rotatable bonds is 4. The maximum atomic E-state index is 11.7. The Balaban J connectivity index is 2.25. The van der Waals surface area contributed by atoms with E-state index < -0.39 is 0 Å². The molecule has 90 valence electrons. The minimum Gasteiger partial charge on any atom is -0.333 e. The number of aryl methyl sites for hydroxylation is 1. The van der Waals surface area contributed by atoms with Crippen LogP contribution in [0, 0.1) is 3.57 Å². The van der Waals surface area contributed by atoms with E-state index in [0.717, 1.165) is 22.2 Å². The molecule has 0 atom stereocenters. The van der Waals surface area contributed by atoms with E-state index in [-0.39, 0.29) is 5.56 Å². The van der Waals surface area contributed by atoms with Crippen LogP contribution in [-0.4, -0.2) is 19.3 Å². The Morgan fingerprint density at radius 2 is 2.24 bits per heavy atom. The maximum absolute atomic E-state index is 11.7. The summed E-state index contributed by atoms with van der Waals surface area (Å²) in [4.78, 5) is 15.8. The molecule has 0 fully saturated rings. The van der Waals surface area contributed by atoms with Crippen molar-refractivity contribution in [1.29, 1.82) is 0 Å². The smallest absolute Gasteiger partial charge is 0.268 e. The molecule has 6 heteroatoms. The second kappa shape index (κ2) is 5.44. The summed E-state index contributed by atoms with van der Waals surface area (Å²) < 4.78 is 4.35. The number of imidazole rings is 1. The van der Waals surface area contributed by atoms with Crippen molar-refractivity contribution in [3.63, 3.8) is 0 Å². The van der Waals surface area contributed by atoms with Crippen molar-refractivity contribution in [3.05, 3.63) is 44.4 Å². The van der Waals surface area contributed by atoms with Gasteiger partial charge in [-0.3, -0.25) is 4.79 Å². The van der Waals surface area contributed by atoms with Crippen molar-refractivity contribution in [2.45, 2.75) is 26.4 Å². The van der Waals surface area contributed by atoms with Crippen LogP contribution in [0.5, 0.6) is 0 Å². The van der Waals surface area contributed by atoms with E-state index in [9.17, 15) is 4.79 Å². The highest BCUT2D eigenvalue weighted by Gasteiger charge is 2.04. The fraction of sp³-hybridized carbons (Fsp3) is 0.364. The van der Waals surface area contributed by atoms with Gasteiger partial charge in [0.15, 0.2) is 0 Å². The molecule has 17 heavy (non-hydrogen) atoms. The molecule has 2 aromatic heterocycles. The molecule has 2 heterocycles. The third-order valence-electron chi connectivity index (χ3n) is 2.41. The van der Waals surface area contributed by atoms with Crippen molar-refractivity contribution >= 4 is 22.6 Å². The van der Waals surface area contributed by atoms with Crippen LogP contribution in [0.4, 0.5) is 0 Å². The zero-order chi connectivity index (χ0) is 12.3. The van der Waals surface area contributed by atoms with E-state index in [0.29, 0.717) is 6.54 Å². The Bertz CT molecular complexity index is 561. The van der Waals surface area contributed by atoms with Gasteiger partial charge in [-0.1, -0.05) is 6.92 Å². The Morgan fingerprint density at radius 1 is 1.41 bits per heavy atom. The Hall–Kier alpha value is -1.18. The SMILES string of the molecule is CCCn1cncc1Cn1ncc(I)cc1=O. The van der Waals surface area contributed by atoms with Crippen molar-refractivity contribution in [2.24, 2.45) is 0 Å². The minimum absolute atomic E-state index is 0.0823. The van der Waals surface area contributed by atoms with Gasteiger partial charge >= 0.3 is 0 Å². The summed E-state index contributed by atoms with van der Waals surface area (Å²) in [6, 6.07) is 1.58. The van der Waals surface area contributed by atoms with Crippen LogP contribution in [0.15, 0.2) is 29.6 Å². The van der Waals surface area contributed by atoms with Gasteiger partial charge in [0.25, 0.3) is 5.56 Å². The molecule has 2 aromatic rings. The van der Waals surface area contributed by atoms with Crippen LogP contribution in [-0.2, 0) is 13.1 Å². The molecule has 0 unspecified atom stereocenters. The van der Waals surface area contributed by atoms with Gasteiger partial charge in [-0.25, -0.2) is 9.67 Å². The van der Waals surface area contributed by atoms with Gasteiger partial charge in [0.1, 0.15) is 0 Å². The van der Waals surface area contributed by atoms with E-state index in [1.807, 2.05) is 4.57 Å². The van der Waals surface area contributed by atoms with Gasteiger partial charge < -0.3 is 4.57 Å². The van der Waals surface area contributed by atoms with E-state index >= 15 is 0 Å². The van der Waals surface area contributed by atoms with Crippen LogP contribution >= 0.6 is 22.6 Å². The van der Waals surface area contributed by atoms with Crippen molar-refractivity contribution < 1.29 is 0 Å².